The van der Waals surface area contributed by atoms with E-state index in [2.05, 4.69) is 10.1 Å². The van der Waals surface area contributed by atoms with Crippen molar-refractivity contribution in [2.75, 3.05) is 7.11 Å². The van der Waals surface area contributed by atoms with Crippen molar-refractivity contribution in [1.29, 1.82) is 0 Å². The maximum atomic E-state index is 5.92. The molecule has 20 heavy (non-hydrogen) atoms. The third kappa shape index (κ3) is 2.40. The van der Waals surface area contributed by atoms with Gasteiger partial charge in [0.15, 0.2) is 17.1 Å². The molecule has 0 fully saturated rings. The molecule has 0 aliphatic rings. The second kappa shape index (κ2) is 5.38. The maximum absolute atomic E-state index is 5.92. The van der Waals surface area contributed by atoms with Gasteiger partial charge < -0.3 is 9.47 Å². The van der Waals surface area contributed by atoms with Gasteiger partial charge in [0.1, 0.15) is 12.9 Å². The van der Waals surface area contributed by atoms with Crippen molar-refractivity contribution < 1.29 is 9.47 Å². The van der Waals surface area contributed by atoms with Crippen LogP contribution in [0.25, 0.3) is 5.65 Å². The van der Waals surface area contributed by atoms with Crippen molar-refractivity contribution in [3.8, 4) is 11.5 Å². The van der Waals surface area contributed by atoms with E-state index in [9.17, 15) is 0 Å². The van der Waals surface area contributed by atoms with Crippen molar-refractivity contribution >= 4 is 17.2 Å². The van der Waals surface area contributed by atoms with E-state index in [1.807, 2.05) is 18.2 Å². The molecule has 0 radical (unpaired) electrons. The van der Waals surface area contributed by atoms with Gasteiger partial charge in [0.2, 0.25) is 0 Å². The van der Waals surface area contributed by atoms with Crippen molar-refractivity contribution in [1.82, 2.24) is 14.6 Å². The van der Waals surface area contributed by atoms with Gasteiger partial charge in [0.05, 0.1) is 12.8 Å². The van der Waals surface area contributed by atoms with Gasteiger partial charge in [-0.15, -0.1) is 0 Å². The Morgan fingerprint density at radius 3 is 2.95 bits per heavy atom. The molecule has 2 aromatic heterocycles. The molecule has 0 spiro atoms. The molecule has 0 N–H and O–H groups in total. The third-order valence-corrected chi connectivity index (χ3v) is 3.12. The van der Waals surface area contributed by atoms with Gasteiger partial charge in [-0.3, -0.25) is 0 Å². The Morgan fingerprint density at radius 2 is 2.10 bits per heavy atom. The molecule has 0 unspecified atom stereocenters. The first-order valence-corrected chi connectivity index (χ1v) is 6.39. The summed E-state index contributed by atoms with van der Waals surface area (Å²) >= 11 is 5.92. The molecule has 0 amide bonds. The molecule has 5 nitrogen and oxygen atoms in total. The SMILES string of the molecule is COc1cc(Cl)ccc1OCc1cccc2ncnn12. The van der Waals surface area contributed by atoms with Crippen LogP contribution in [0.1, 0.15) is 5.69 Å². The average Bonchev–Trinajstić information content (AvgIpc) is 2.94. The van der Waals surface area contributed by atoms with Crippen molar-refractivity contribution in [2.45, 2.75) is 6.61 Å². The molecular formula is C14H12ClN3O2. The Kier molecular flexibility index (Phi) is 3.43. The van der Waals surface area contributed by atoms with E-state index in [0.29, 0.717) is 23.1 Å². The van der Waals surface area contributed by atoms with Crippen LogP contribution < -0.4 is 9.47 Å². The molecule has 0 atom stereocenters. The van der Waals surface area contributed by atoms with Gasteiger partial charge in [-0.25, -0.2) is 9.50 Å². The minimum atomic E-state index is 0.360. The predicted molar refractivity (Wildman–Crippen MR) is 75.3 cm³/mol. The molecule has 3 rings (SSSR count). The summed E-state index contributed by atoms with van der Waals surface area (Å²) in [5.74, 6) is 1.23. The Labute approximate surface area is 120 Å². The fraction of sp³-hybridized carbons (Fsp3) is 0.143. The highest BCUT2D eigenvalue weighted by Gasteiger charge is 2.07. The van der Waals surface area contributed by atoms with Crippen molar-refractivity contribution in [3.05, 3.63) is 53.4 Å². The molecular weight excluding hydrogens is 278 g/mol. The van der Waals surface area contributed by atoms with Crippen LogP contribution in [0.3, 0.4) is 0 Å². The quantitative estimate of drug-likeness (QED) is 0.741. The highest BCUT2D eigenvalue weighted by atomic mass is 35.5. The number of hydrogen-bond donors (Lipinski definition) is 0. The van der Waals surface area contributed by atoms with Crippen LogP contribution in [0.5, 0.6) is 11.5 Å². The molecule has 0 saturated carbocycles. The number of benzene rings is 1. The number of nitrogens with zero attached hydrogens (tertiary/aromatic N) is 3. The predicted octanol–water partition coefficient (Wildman–Crippen LogP) is 2.97. The zero-order valence-corrected chi connectivity index (χ0v) is 11.5. The molecule has 0 aliphatic carbocycles. The second-order valence-electron chi connectivity index (χ2n) is 4.13. The lowest BCUT2D eigenvalue weighted by molar-refractivity contribution is 0.278. The summed E-state index contributed by atoms with van der Waals surface area (Å²) in [6.07, 6.45) is 1.52. The van der Waals surface area contributed by atoms with Crippen molar-refractivity contribution in [2.24, 2.45) is 0 Å². The second-order valence-corrected chi connectivity index (χ2v) is 4.57. The monoisotopic (exact) mass is 289 g/mol. The normalized spacial score (nSPS) is 10.7. The molecule has 0 saturated heterocycles. The molecule has 6 heteroatoms. The fourth-order valence-corrected chi connectivity index (χ4v) is 2.08. The van der Waals surface area contributed by atoms with E-state index in [1.165, 1.54) is 6.33 Å². The summed E-state index contributed by atoms with van der Waals surface area (Å²) in [5.41, 5.74) is 1.69. The Bertz CT molecular complexity index is 742. The number of methoxy groups -OCH3 is 1. The van der Waals surface area contributed by atoms with Crippen LogP contribution in [-0.4, -0.2) is 21.7 Å². The van der Waals surface area contributed by atoms with Gasteiger partial charge >= 0.3 is 0 Å². The van der Waals surface area contributed by atoms with E-state index in [0.717, 1.165) is 11.3 Å². The van der Waals surface area contributed by atoms with E-state index in [1.54, 1.807) is 29.8 Å². The van der Waals surface area contributed by atoms with Crippen LogP contribution in [0, 0.1) is 0 Å². The molecule has 3 aromatic rings. The number of hydrogen-bond acceptors (Lipinski definition) is 4. The number of pyridine rings is 1. The lowest BCUT2D eigenvalue weighted by Gasteiger charge is -2.11. The Morgan fingerprint density at radius 1 is 1.20 bits per heavy atom. The van der Waals surface area contributed by atoms with Gasteiger partial charge in [-0.1, -0.05) is 17.7 Å². The van der Waals surface area contributed by atoms with Gasteiger partial charge in [-0.05, 0) is 24.3 Å². The summed E-state index contributed by atoms with van der Waals surface area (Å²) in [6, 6.07) is 11.0. The Balaban J connectivity index is 1.84. The number of aromatic nitrogens is 3. The zero-order chi connectivity index (χ0) is 13.9. The van der Waals surface area contributed by atoms with Crippen LogP contribution in [-0.2, 0) is 6.61 Å². The first-order chi connectivity index (χ1) is 9.78. The maximum Gasteiger partial charge on any atom is 0.162 e. The van der Waals surface area contributed by atoms with Gasteiger partial charge in [0.25, 0.3) is 0 Å². The van der Waals surface area contributed by atoms with Crippen LogP contribution >= 0.6 is 11.6 Å². The highest BCUT2D eigenvalue weighted by molar-refractivity contribution is 6.30. The summed E-state index contributed by atoms with van der Waals surface area (Å²) in [4.78, 5) is 4.13. The first-order valence-electron chi connectivity index (χ1n) is 6.02. The summed E-state index contributed by atoms with van der Waals surface area (Å²) in [6.45, 7) is 0.360. The molecule has 0 bridgehead atoms. The third-order valence-electron chi connectivity index (χ3n) is 2.88. The van der Waals surface area contributed by atoms with Gasteiger partial charge in [0, 0.05) is 11.1 Å². The van der Waals surface area contributed by atoms with Crippen LogP contribution in [0.2, 0.25) is 5.02 Å². The standard InChI is InChI=1S/C14H12ClN3O2/c1-19-13-7-10(15)5-6-12(13)20-8-11-3-2-4-14-16-9-17-18(11)14/h2-7,9H,8H2,1H3. The zero-order valence-electron chi connectivity index (χ0n) is 10.8. The minimum absolute atomic E-state index is 0.360. The molecule has 102 valence electrons. The lowest BCUT2D eigenvalue weighted by atomic mass is 10.3. The largest absolute Gasteiger partial charge is 0.493 e. The minimum Gasteiger partial charge on any atom is -0.493 e. The summed E-state index contributed by atoms with van der Waals surface area (Å²) < 4.78 is 12.8. The average molecular weight is 290 g/mol. The topological polar surface area (TPSA) is 48.7 Å². The fourth-order valence-electron chi connectivity index (χ4n) is 1.92. The van der Waals surface area contributed by atoms with Crippen molar-refractivity contribution in [3.63, 3.8) is 0 Å². The van der Waals surface area contributed by atoms with E-state index >= 15 is 0 Å². The summed E-state index contributed by atoms with van der Waals surface area (Å²) in [7, 11) is 1.58. The van der Waals surface area contributed by atoms with Crippen LogP contribution in [0.4, 0.5) is 0 Å². The molecule has 0 aliphatic heterocycles. The highest BCUT2D eigenvalue weighted by Crippen LogP contribution is 2.30. The molecule has 1 aromatic carbocycles. The van der Waals surface area contributed by atoms with E-state index < -0.39 is 0 Å². The van der Waals surface area contributed by atoms with E-state index in [-0.39, 0.29) is 0 Å². The number of ether oxygens (including phenoxy) is 2. The van der Waals surface area contributed by atoms with Crippen LogP contribution in [0.15, 0.2) is 42.7 Å². The van der Waals surface area contributed by atoms with E-state index in [4.69, 9.17) is 21.1 Å². The van der Waals surface area contributed by atoms with Gasteiger partial charge in [-0.2, -0.15) is 5.10 Å². The first kappa shape index (κ1) is 12.7. The smallest absolute Gasteiger partial charge is 0.162 e. The number of rotatable bonds is 4. The molecule has 2 heterocycles. The lowest BCUT2D eigenvalue weighted by Crippen LogP contribution is -2.04. The number of fused-ring (bicyclic) bond motifs is 1. The number of halogens is 1. The summed E-state index contributed by atoms with van der Waals surface area (Å²) in [5, 5.41) is 4.77. The Hall–Kier alpha value is -2.27.